The molecule has 2 saturated heterocycles. The van der Waals surface area contributed by atoms with Gasteiger partial charge in [-0.1, -0.05) is 67.2 Å². The molecule has 2 aliphatic rings. The summed E-state index contributed by atoms with van der Waals surface area (Å²) in [6.45, 7) is 3.89. The average molecular weight is 479 g/mol. The molecular weight excluding hydrogens is 452 g/mol. The highest BCUT2D eigenvalue weighted by atomic mass is 32.2. The van der Waals surface area contributed by atoms with Crippen LogP contribution in [0.1, 0.15) is 47.9 Å². The molecule has 2 aromatic rings. The summed E-state index contributed by atoms with van der Waals surface area (Å²) in [6.07, 6.45) is 6.23. The first-order chi connectivity index (χ1) is 15.9. The fourth-order valence-corrected chi connectivity index (χ4v) is 5.65. The van der Waals surface area contributed by atoms with Crippen LogP contribution in [0.25, 0.3) is 6.08 Å². The van der Waals surface area contributed by atoms with Crippen molar-refractivity contribution in [1.29, 1.82) is 5.26 Å². The van der Waals surface area contributed by atoms with Crippen molar-refractivity contribution >= 4 is 46.1 Å². The number of carbonyl (C=O) groups is 1. The highest BCUT2D eigenvalue weighted by Crippen LogP contribution is 2.36. The molecule has 3 heterocycles. The lowest BCUT2D eigenvalue weighted by Gasteiger charge is -2.28. The summed E-state index contributed by atoms with van der Waals surface area (Å²) >= 11 is 6.79. The maximum absolute atomic E-state index is 13.3. The molecule has 170 valence electrons. The molecule has 1 amide bonds. The highest BCUT2D eigenvalue weighted by Gasteiger charge is 2.33. The minimum absolute atomic E-state index is 0.113. The van der Waals surface area contributed by atoms with Crippen molar-refractivity contribution in [1.82, 2.24) is 9.47 Å². The number of aromatic nitrogens is 1. The van der Waals surface area contributed by atoms with Gasteiger partial charge in [-0.15, -0.1) is 0 Å². The summed E-state index contributed by atoms with van der Waals surface area (Å²) in [6, 6.07) is 11.8. The Morgan fingerprint density at radius 3 is 2.42 bits per heavy atom. The average Bonchev–Trinajstić information content (AvgIpc) is 2.99. The van der Waals surface area contributed by atoms with Gasteiger partial charge >= 0.3 is 0 Å². The first-order valence-corrected chi connectivity index (χ1v) is 12.3. The van der Waals surface area contributed by atoms with Gasteiger partial charge in [0, 0.05) is 25.7 Å². The van der Waals surface area contributed by atoms with Crippen molar-refractivity contribution in [3.8, 4) is 6.07 Å². The Hall–Kier alpha value is -2.89. The third-order valence-electron chi connectivity index (χ3n) is 6.21. The zero-order valence-electron chi connectivity index (χ0n) is 18.8. The van der Waals surface area contributed by atoms with Crippen LogP contribution in [-0.2, 0) is 18.4 Å². The molecule has 4 rings (SSSR count). The van der Waals surface area contributed by atoms with E-state index in [1.165, 1.54) is 11.8 Å². The lowest BCUT2D eigenvalue weighted by Crippen LogP contribution is -2.34. The number of hydrogen-bond donors (Lipinski definition) is 0. The van der Waals surface area contributed by atoms with Crippen molar-refractivity contribution < 1.29 is 4.79 Å². The third kappa shape index (κ3) is 4.61. The molecule has 0 aliphatic carbocycles. The van der Waals surface area contributed by atoms with Crippen LogP contribution in [-0.4, -0.2) is 32.8 Å². The maximum Gasteiger partial charge on any atom is 0.270 e. The molecule has 0 bridgehead atoms. The number of anilines is 1. The van der Waals surface area contributed by atoms with E-state index in [1.807, 2.05) is 36.4 Å². The number of pyridine rings is 1. The predicted octanol–water partition coefficient (Wildman–Crippen LogP) is 4.35. The van der Waals surface area contributed by atoms with Gasteiger partial charge in [-0.2, -0.15) is 5.26 Å². The van der Waals surface area contributed by atoms with E-state index in [0.717, 1.165) is 55.7 Å². The van der Waals surface area contributed by atoms with Crippen LogP contribution in [0.15, 0.2) is 40.0 Å². The minimum Gasteiger partial charge on any atom is -0.357 e. The molecule has 0 N–H and O–H groups in total. The number of nitriles is 1. The summed E-state index contributed by atoms with van der Waals surface area (Å²) in [5.41, 5.74) is 2.17. The topological polar surface area (TPSA) is 69.3 Å². The monoisotopic (exact) mass is 478 g/mol. The van der Waals surface area contributed by atoms with Crippen molar-refractivity contribution in [2.24, 2.45) is 7.05 Å². The lowest BCUT2D eigenvalue weighted by atomic mass is 10.0. The van der Waals surface area contributed by atoms with Gasteiger partial charge in [-0.05, 0) is 37.0 Å². The van der Waals surface area contributed by atoms with E-state index < -0.39 is 0 Å². The van der Waals surface area contributed by atoms with Crippen molar-refractivity contribution in [3.05, 3.63) is 67.8 Å². The van der Waals surface area contributed by atoms with Crippen LogP contribution in [0, 0.1) is 18.3 Å². The van der Waals surface area contributed by atoms with E-state index in [9.17, 15) is 14.9 Å². The number of nitrogens with zero attached hydrogens (tertiary/aromatic N) is 4. The second-order valence-electron chi connectivity index (χ2n) is 8.37. The number of carbonyl (C=O) groups excluding carboxylic acids is 1. The van der Waals surface area contributed by atoms with Gasteiger partial charge in [-0.25, -0.2) is 0 Å². The van der Waals surface area contributed by atoms with Crippen molar-refractivity contribution in [2.45, 2.75) is 39.2 Å². The van der Waals surface area contributed by atoms with Crippen LogP contribution in [0.4, 0.5) is 5.82 Å². The Bertz CT molecular complexity index is 1220. The fourth-order valence-electron chi connectivity index (χ4n) is 4.41. The van der Waals surface area contributed by atoms with E-state index in [-0.39, 0.29) is 17.0 Å². The SMILES string of the molecule is Cc1c(C=C2SC(=S)N(Cc3ccccc3)C2=O)c(N2CCCCCC2)n(C)c(=O)c1C#N. The molecule has 0 atom stereocenters. The van der Waals surface area contributed by atoms with Gasteiger partial charge in [-0.3, -0.25) is 19.1 Å². The summed E-state index contributed by atoms with van der Waals surface area (Å²) in [7, 11) is 1.71. The molecule has 2 aliphatic heterocycles. The third-order valence-corrected chi connectivity index (χ3v) is 7.58. The first kappa shape index (κ1) is 23.3. The number of hydrogen-bond acceptors (Lipinski definition) is 6. The number of benzene rings is 1. The van der Waals surface area contributed by atoms with Crippen LogP contribution in [0.5, 0.6) is 0 Å². The van der Waals surface area contributed by atoms with Crippen LogP contribution in [0.3, 0.4) is 0 Å². The van der Waals surface area contributed by atoms with Gasteiger partial charge in [0.15, 0.2) is 0 Å². The van der Waals surface area contributed by atoms with Gasteiger partial charge < -0.3 is 4.90 Å². The van der Waals surface area contributed by atoms with E-state index in [4.69, 9.17) is 12.2 Å². The lowest BCUT2D eigenvalue weighted by molar-refractivity contribution is -0.122. The Labute approximate surface area is 203 Å². The maximum atomic E-state index is 13.3. The van der Waals surface area contributed by atoms with Gasteiger partial charge in [0.25, 0.3) is 11.5 Å². The fraction of sp³-hybridized carbons (Fsp3) is 0.360. The standard InChI is InChI=1S/C25H26N4O2S2/c1-17-19(14-21-24(31)29(25(32)33-21)16-18-10-6-5-7-11-18)22(27(2)23(30)20(17)15-26)28-12-8-3-4-9-13-28/h5-7,10-11,14H,3-4,8-9,12-13,16H2,1-2H3. The quantitative estimate of drug-likeness (QED) is 0.481. The summed E-state index contributed by atoms with van der Waals surface area (Å²) in [4.78, 5) is 30.5. The molecular formula is C25H26N4O2S2. The Balaban J connectivity index is 1.79. The molecule has 0 spiro atoms. The molecule has 1 aromatic heterocycles. The molecule has 0 unspecified atom stereocenters. The Morgan fingerprint density at radius 2 is 1.79 bits per heavy atom. The normalized spacial score (nSPS) is 18.0. The van der Waals surface area contributed by atoms with E-state index >= 15 is 0 Å². The second kappa shape index (κ2) is 9.94. The molecule has 6 nitrogen and oxygen atoms in total. The Kier molecular flexibility index (Phi) is 7.01. The molecule has 2 fully saturated rings. The van der Waals surface area contributed by atoms with Crippen molar-refractivity contribution in [3.63, 3.8) is 0 Å². The zero-order valence-corrected chi connectivity index (χ0v) is 20.5. The first-order valence-electron chi connectivity index (χ1n) is 11.1. The number of thiocarbonyl (C=S) groups is 1. The largest absolute Gasteiger partial charge is 0.357 e. The van der Waals surface area contributed by atoms with Gasteiger partial charge in [0.05, 0.1) is 11.4 Å². The summed E-state index contributed by atoms with van der Waals surface area (Å²) < 4.78 is 2.07. The van der Waals surface area contributed by atoms with Gasteiger partial charge in [0.1, 0.15) is 21.8 Å². The molecule has 1 aromatic carbocycles. The molecule has 0 saturated carbocycles. The number of thioether (sulfide) groups is 1. The Morgan fingerprint density at radius 1 is 1.12 bits per heavy atom. The highest BCUT2D eigenvalue weighted by molar-refractivity contribution is 8.26. The van der Waals surface area contributed by atoms with E-state index in [1.54, 1.807) is 23.4 Å². The van der Waals surface area contributed by atoms with Crippen LogP contribution < -0.4 is 10.5 Å². The van der Waals surface area contributed by atoms with Crippen LogP contribution >= 0.6 is 24.0 Å². The summed E-state index contributed by atoms with van der Waals surface area (Å²) in [5.74, 6) is 0.620. The molecule has 33 heavy (non-hydrogen) atoms. The van der Waals surface area contributed by atoms with Crippen molar-refractivity contribution in [2.75, 3.05) is 18.0 Å². The second-order valence-corrected chi connectivity index (χ2v) is 10.0. The smallest absolute Gasteiger partial charge is 0.270 e. The van der Waals surface area contributed by atoms with E-state index in [0.29, 0.717) is 21.3 Å². The van der Waals surface area contributed by atoms with Crippen LogP contribution in [0.2, 0.25) is 0 Å². The molecule has 0 radical (unpaired) electrons. The minimum atomic E-state index is -0.303. The predicted molar refractivity (Wildman–Crippen MR) is 137 cm³/mol. The van der Waals surface area contributed by atoms with E-state index in [2.05, 4.69) is 11.0 Å². The number of amides is 1. The zero-order chi connectivity index (χ0) is 23.5. The molecule has 8 heteroatoms. The van der Waals surface area contributed by atoms with Gasteiger partial charge in [0.2, 0.25) is 0 Å². The number of rotatable bonds is 4. The summed E-state index contributed by atoms with van der Waals surface area (Å²) in [5, 5.41) is 9.66.